The fourth-order valence-corrected chi connectivity index (χ4v) is 3.81. The number of amides is 1. The Bertz CT molecular complexity index is 1320. The maximum atomic E-state index is 13.0. The Morgan fingerprint density at radius 3 is 2.67 bits per heavy atom. The van der Waals surface area contributed by atoms with Crippen molar-refractivity contribution in [3.8, 4) is 17.1 Å². The summed E-state index contributed by atoms with van der Waals surface area (Å²) < 4.78 is 5.35. The van der Waals surface area contributed by atoms with Crippen molar-refractivity contribution in [2.24, 2.45) is 0 Å². The molecule has 170 valence electrons. The van der Waals surface area contributed by atoms with Crippen LogP contribution in [0.5, 0.6) is 5.75 Å². The van der Waals surface area contributed by atoms with E-state index in [4.69, 9.17) is 16.3 Å². The maximum absolute atomic E-state index is 13.0. The van der Waals surface area contributed by atoms with Crippen LogP contribution in [0.1, 0.15) is 15.9 Å². The fraction of sp³-hybridized carbons (Fsp3) is 0.200. The molecular weight excluding hydrogens is 438 g/mol. The average Bonchev–Trinajstić information content (AvgIpc) is 3.23. The minimum Gasteiger partial charge on any atom is -0.497 e. The van der Waals surface area contributed by atoms with Crippen LogP contribution in [0.4, 0.5) is 11.4 Å². The van der Waals surface area contributed by atoms with Gasteiger partial charge in [0.2, 0.25) is 0 Å². The number of imidazole rings is 1. The Hall–Kier alpha value is -3.55. The quantitative estimate of drug-likeness (QED) is 0.362. The molecule has 7 nitrogen and oxygen atoms in total. The first-order valence-electron chi connectivity index (χ1n) is 10.5. The molecule has 0 bridgehead atoms. The molecule has 1 heterocycles. The van der Waals surface area contributed by atoms with E-state index >= 15 is 0 Å². The summed E-state index contributed by atoms with van der Waals surface area (Å²) in [5.41, 5.74) is 5.62. The predicted octanol–water partition coefficient (Wildman–Crippen LogP) is 4.93. The zero-order valence-corrected chi connectivity index (χ0v) is 19.7. The van der Waals surface area contributed by atoms with Crippen LogP contribution < -0.4 is 20.3 Å². The molecule has 0 saturated carbocycles. The Balaban J connectivity index is 1.63. The van der Waals surface area contributed by atoms with Gasteiger partial charge in [-0.05, 0) is 67.2 Å². The molecule has 0 saturated heterocycles. The summed E-state index contributed by atoms with van der Waals surface area (Å²) in [6, 6.07) is 16.8. The minimum atomic E-state index is -0.236. The van der Waals surface area contributed by atoms with Crippen molar-refractivity contribution in [1.82, 2.24) is 15.3 Å². The molecular formula is C25H26ClN5O2. The van der Waals surface area contributed by atoms with Gasteiger partial charge in [-0.15, -0.1) is 0 Å². The summed E-state index contributed by atoms with van der Waals surface area (Å²) in [7, 11) is 7.42. The zero-order chi connectivity index (χ0) is 23.5. The zero-order valence-electron chi connectivity index (χ0n) is 19.0. The molecule has 0 spiro atoms. The summed E-state index contributed by atoms with van der Waals surface area (Å²) >= 11 is 6.48. The smallest absolute Gasteiger partial charge is 0.255 e. The number of fused-ring (bicyclic) bond motifs is 1. The first-order valence-corrected chi connectivity index (χ1v) is 10.9. The molecule has 0 aliphatic rings. The van der Waals surface area contributed by atoms with Gasteiger partial charge in [-0.1, -0.05) is 11.6 Å². The Morgan fingerprint density at radius 2 is 1.94 bits per heavy atom. The lowest BCUT2D eigenvalue weighted by atomic mass is 10.1. The lowest BCUT2D eigenvalue weighted by molar-refractivity contribution is 0.102. The van der Waals surface area contributed by atoms with Gasteiger partial charge in [0.05, 0.1) is 23.2 Å². The number of nitrogens with one attached hydrogen (secondary N) is 3. The summed E-state index contributed by atoms with van der Waals surface area (Å²) in [5, 5.41) is 6.58. The number of carbonyl (C=O) groups excluding carboxylic acids is 1. The van der Waals surface area contributed by atoms with Crippen LogP contribution in [0.25, 0.3) is 22.4 Å². The lowest BCUT2D eigenvalue weighted by Gasteiger charge is -2.11. The number of hydrogen-bond acceptors (Lipinski definition) is 5. The average molecular weight is 464 g/mol. The van der Waals surface area contributed by atoms with Crippen LogP contribution in [0.2, 0.25) is 5.02 Å². The topological polar surface area (TPSA) is 82.3 Å². The van der Waals surface area contributed by atoms with Crippen LogP contribution >= 0.6 is 11.6 Å². The highest BCUT2D eigenvalue weighted by molar-refractivity contribution is 6.33. The van der Waals surface area contributed by atoms with Crippen molar-refractivity contribution >= 4 is 39.9 Å². The first kappa shape index (κ1) is 22.6. The standard InChI is InChI=1S/C25H26ClN5O2/c1-27-14-15-9-16(11-19(10-15)33-4)25(32)28-17-5-7-21(26)20(12-17)24-29-22-8-6-18(31(2)3)13-23(22)30-24/h5-13,27H,14H2,1-4H3,(H,28,32)(H,29,30). The van der Waals surface area contributed by atoms with E-state index in [-0.39, 0.29) is 5.91 Å². The Kier molecular flexibility index (Phi) is 6.53. The predicted molar refractivity (Wildman–Crippen MR) is 135 cm³/mol. The number of nitrogens with zero attached hydrogens (tertiary/aromatic N) is 2. The van der Waals surface area contributed by atoms with E-state index in [9.17, 15) is 4.79 Å². The number of rotatable bonds is 7. The third kappa shape index (κ3) is 4.94. The van der Waals surface area contributed by atoms with Gasteiger partial charge in [0, 0.05) is 43.1 Å². The third-order valence-corrected chi connectivity index (χ3v) is 5.64. The van der Waals surface area contributed by atoms with Crippen molar-refractivity contribution < 1.29 is 9.53 Å². The van der Waals surface area contributed by atoms with E-state index in [0.29, 0.717) is 40.0 Å². The number of benzene rings is 3. The lowest BCUT2D eigenvalue weighted by Crippen LogP contribution is -2.13. The number of H-pyrrole nitrogens is 1. The van der Waals surface area contributed by atoms with E-state index in [1.165, 1.54) is 0 Å². The molecule has 0 aliphatic heterocycles. The number of halogens is 1. The number of aromatic amines is 1. The highest BCUT2D eigenvalue weighted by atomic mass is 35.5. The van der Waals surface area contributed by atoms with Crippen molar-refractivity contribution in [2.75, 3.05) is 38.5 Å². The molecule has 0 aliphatic carbocycles. The molecule has 4 rings (SSSR count). The number of aromatic nitrogens is 2. The molecule has 33 heavy (non-hydrogen) atoms. The monoisotopic (exact) mass is 463 g/mol. The van der Waals surface area contributed by atoms with Gasteiger partial charge in [-0.3, -0.25) is 4.79 Å². The number of ether oxygens (including phenoxy) is 1. The van der Waals surface area contributed by atoms with Gasteiger partial charge in [-0.25, -0.2) is 4.98 Å². The summed E-state index contributed by atoms with van der Waals surface area (Å²) in [6.45, 7) is 0.629. The van der Waals surface area contributed by atoms with E-state index in [1.807, 2.05) is 62.4 Å². The second-order valence-electron chi connectivity index (χ2n) is 7.93. The molecule has 4 aromatic rings. The molecule has 8 heteroatoms. The largest absolute Gasteiger partial charge is 0.497 e. The van der Waals surface area contributed by atoms with Gasteiger partial charge in [0.25, 0.3) is 5.91 Å². The highest BCUT2D eigenvalue weighted by Gasteiger charge is 2.14. The van der Waals surface area contributed by atoms with Gasteiger partial charge >= 0.3 is 0 Å². The van der Waals surface area contributed by atoms with Crippen molar-refractivity contribution in [3.05, 3.63) is 70.7 Å². The minimum absolute atomic E-state index is 0.236. The van der Waals surface area contributed by atoms with Crippen LogP contribution in [0.3, 0.4) is 0 Å². The first-order chi connectivity index (χ1) is 15.9. The van der Waals surface area contributed by atoms with Crippen LogP contribution in [-0.4, -0.2) is 44.1 Å². The van der Waals surface area contributed by atoms with Crippen LogP contribution in [0.15, 0.2) is 54.6 Å². The molecule has 1 aromatic heterocycles. The van der Waals surface area contributed by atoms with E-state index < -0.39 is 0 Å². The van der Waals surface area contributed by atoms with E-state index in [2.05, 4.69) is 20.6 Å². The number of anilines is 2. The molecule has 0 atom stereocenters. The Morgan fingerprint density at radius 1 is 1.12 bits per heavy atom. The van der Waals surface area contributed by atoms with Gasteiger partial charge < -0.3 is 25.3 Å². The second-order valence-corrected chi connectivity index (χ2v) is 8.34. The molecule has 0 radical (unpaired) electrons. The van der Waals surface area contributed by atoms with Crippen LogP contribution in [0, 0.1) is 0 Å². The number of methoxy groups -OCH3 is 1. The SMILES string of the molecule is CNCc1cc(OC)cc(C(=O)Nc2ccc(Cl)c(-c3nc4ccc(N(C)C)cc4[nH]3)c2)c1. The second kappa shape index (κ2) is 9.52. The third-order valence-electron chi connectivity index (χ3n) is 5.31. The van der Waals surface area contributed by atoms with Gasteiger partial charge in [0.15, 0.2) is 0 Å². The van der Waals surface area contributed by atoms with Gasteiger partial charge in [-0.2, -0.15) is 0 Å². The molecule has 1 amide bonds. The highest BCUT2D eigenvalue weighted by Crippen LogP contribution is 2.31. The summed E-state index contributed by atoms with van der Waals surface area (Å²) in [4.78, 5) is 23.0. The van der Waals surface area contributed by atoms with E-state index in [1.54, 1.807) is 25.3 Å². The van der Waals surface area contributed by atoms with Crippen molar-refractivity contribution in [1.29, 1.82) is 0 Å². The van der Waals surface area contributed by atoms with Crippen LogP contribution in [-0.2, 0) is 6.54 Å². The molecule has 3 N–H and O–H groups in total. The maximum Gasteiger partial charge on any atom is 0.255 e. The van der Waals surface area contributed by atoms with Crippen molar-refractivity contribution in [2.45, 2.75) is 6.54 Å². The number of hydrogen-bond donors (Lipinski definition) is 3. The fourth-order valence-electron chi connectivity index (χ4n) is 3.61. The molecule has 0 unspecified atom stereocenters. The number of carbonyl (C=O) groups is 1. The molecule has 3 aromatic carbocycles. The summed E-state index contributed by atoms with van der Waals surface area (Å²) in [6.07, 6.45) is 0. The molecule has 0 fully saturated rings. The van der Waals surface area contributed by atoms with Gasteiger partial charge in [0.1, 0.15) is 11.6 Å². The summed E-state index contributed by atoms with van der Waals surface area (Å²) in [5.74, 6) is 1.03. The van der Waals surface area contributed by atoms with E-state index in [0.717, 1.165) is 22.3 Å². The Labute approximate surface area is 197 Å². The normalized spacial score (nSPS) is 10.9. The van der Waals surface area contributed by atoms with Crippen molar-refractivity contribution in [3.63, 3.8) is 0 Å².